The third kappa shape index (κ3) is 2.87. The van der Waals surface area contributed by atoms with Crippen LogP contribution in [0.4, 0.5) is 11.4 Å². The minimum Gasteiger partial charge on any atom is -0.398 e. The van der Waals surface area contributed by atoms with Crippen LogP contribution in [0.5, 0.6) is 0 Å². The zero-order valence-corrected chi connectivity index (χ0v) is 11.4. The summed E-state index contributed by atoms with van der Waals surface area (Å²) in [5, 5.41) is 2.78. The summed E-state index contributed by atoms with van der Waals surface area (Å²) >= 11 is 3.31. The lowest BCUT2D eigenvalue weighted by Crippen LogP contribution is -2.12. The first kappa shape index (κ1) is 12.6. The highest BCUT2D eigenvalue weighted by Crippen LogP contribution is 2.23. The van der Waals surface area contributed by atoms with E-state index in [9.17, 15) is 4.79 Å². The van der Waals surface area contributed by atoms with Gasteiger partial charge >= 0.3 is 0 Å². The first-order valence-electron chi connectivity index (χ1n) is 5.35. The van der Waals surface area contributed by atoms with Gasteiger partial charge in [-0.25, -0.2) is 0 Å². The average molecular weight is 306 g/mol. The number of nitrogen functional groups attached to an aromatic ring is 1. The summed E-state index contributed by atoms with van der Waals surface area (Å²) in [6.45, 7) is 1.87. The number of nitrogens with zero attached hydrogens (tertiary/aromatic N) is 1. The molecule has 2 aromatic rings. The number of halogens is 1. The van der Waals surface area contributed by atoms with E-state index in [-0.39, 0.29) is 5.91 Å². The zero-order valence-electron chi connectivity index (χ0n) is 9.77. The maximum atomic E-state index is 11.9. The number of hydrogen-bond donors (Lipinski definition) is 2. The van der Waals surface area contributed by atoms with Crippen molar-refractivity contribution < 1.29 is 4.79 Å². The number of aromatic nitrogens is 1. The molecular weight excluding hydrogens is 294 g/mol. The van der Waals surface area contributed by atoms with Crippen molar-refractivity contribution in [3.05, 3.63) is 52.3 Å². The van der Waals surface area contributed by atoms with Gasteiger partial charge in [0.2, 0.25) is 0 Å². The van der Waals surface area contributed by atoms with Gasteiger partial charge in [0.15, 0.2) is 0 Å². The Bertz CT molecular complexity index is 581. The summed E-state index contributed by atoms with van der Waals surface area (Å²) in [6, 6.07) is 8.78. The summed E-state index contributed by atoms with van der Waals surface area (Å²) in [5.74, 6) is -0.195. The average Bonchev–Trinajstić information content (AvgIpc) is 2.34. The molecule has 1 amide bonds. The number of carbonyl (C=O) groups is 1. The molecule has 0 unspecified atom stereocenters. The minimum atomic E-state index is -0.195. The molecule has 0 fully saturated rings. The predicted octanol–water partition coefficient (Wildman–Crippen LogP) is 2.99. The van der Waals surface area contributed by atoms with Gasteiger partial charge in [-0.15, -0.1) is 0 Å². The molecule has 0 radical (unpaired) electrons. The van der Waals surface area contributed by atoms with Crippen molar-refractivity contribution in [2.45, 2.75) is 6.92 Å². The number of rotatable bonds is 2. The Morgan fingerprint density at radius 2 is 2.11 bits per heavy atom. The Balaban J connectivity index is 2.16. The highest BCUT2D eigenvalue weighted by molar-refractivity contribution is 9.10. The fraction of sp³-hybridized carbons (Fsp3) is 0.0769. The fourth-order valence-electron chi connectivity index (χ4n) is 1.41. The summed E-state index contributed by atoms with van der Waals surface area (Å²) in [5.41, 5.74) is 8.39. The van der Waals surface area contributed by atoms with Crippen LogP contribution in [0, 0.1) is 6.92 Å². The Hall–Kier alpha value is -1.88. The summed E-state index contributed by atoms with van der Waals surface area (Å²) in [7, 11) is 0. The number of hydrogen-bond acceptors (Lipinski definition) is 3. The maximum Gasteiger partial charge on any atom is 0.257 e. The monoisotopic (exact) mass is 305 g/mol. The van der Waals surface area contributed by atoms with Crippen molar-refractivity contribution in [3.8, 4) is 0 Å². The Morgan fingerprint density at radius 3 is 2.72 bits per heavy atom. The Labute approximate surface area is 113 Å². The van der Waals surface area contributed by atoms with E-state index in [1.54, 1.807) is 36.5 Å². The first-order chi connectivity index (χ1) is 8.56. The van der Waals surface area contributed by atoms with E-state index in [1.807, 2.05) is 6.92 Å². The van der Waals surface area contributed by atoms with Crippen LogP contribution in [-0.2, 0) is 0 Å². The van der Waals surface area contributed by atoms with E-state index in [1.165, 1.54) is 0 Å². The molecule has 0 aliphatic carbocycles. The van der Waals surface area contributed by atoms with Crippen LogP contribution in [0.1, 0.15) is 16.1 Å². The van der Waals surface area contributed by atoms with Crippen molar-refractivity contribution in [1.29, 1.82) is 0 Å². The molecule has 0 saturated heterocycles. The predicted molar refractivity (Wildman–Crippen MR) is 75.5 cm³/mol. The Kier molecular flexibility index (Phi) is 3.62. The van der Waals surface area contributed by atoms with Gasteiger partial charge in [-0.3, -0.25) is 9.78 Å². The summed E-state index contributed by atoms with van der Waals surface area (Å²) in [6.07, 6.45) is 1.55. The largest absolute Gasteiger partial charge is 0.398 e. The number of amides is 1. The van der Waals surface area contributed by atoms with Crippen LogP contribution in [0.15, 0.2) is 41.0 Å². The molecule has 1 aromatic heterocycles. The van der Waals surface area contributed by atoms with E-state index in [2.05, 4.69) is 26.2 Å². The van der Waals surface area contributed by atoms with Gasteiger partial charge in [0.25, 0.3) is 5.91 Å². The van der Waals surface area contributed by atoms with Gasteiger partial charge in [0.1, 0.15) is 0 Å². The molecule has 4 nitrogen and oxygen atoms in total. The van der Waals surface area contributed by atoms with Crippen molar-refractivity contribution >= 4 is 33.2 Å². The van der Waals surface area contributed by atoms with Crippen LogP contribution in [-0.4, -0.2) is 10.9 Å². The molecule has 1 aromatic carbocycles. The number of nitrogens with two attached hydrogens (primary N) is 1. The van der Waals surface area contributed by atoms with E-state index in [4.69, 9.17) is 5.73 Å². The third-order valence-corrected chi connectivity index (χ3v) is 3.12. The van der Waals surface area contributed by atoms with E-state index in [0.717, 1.165) is 10.2 Å². The van der Waals surface area contributed by atoms with Crippen molar-refractivity contribution in [2.24, 2.45) is 0 Å². The first-order valence-corrected chi connectivity index (χ1v) is 6.14. The van der Waals surface area contributed by atoms with Gasteiger partial charge in [-0.05, 0) is 53.2 Å². The van der Waals surface area contributed by atoms with Crippen molar-refractivity contribution in [3.63, 3.8) is 0 Å². The summed E-state index contributed by atoms with van der Waals surface area (Å²) < 4.78 is 0.752. The molecule has 0 saturated carbocycles. The highest BCUT2D eigenvalue weighted by Gasteiger charge is 2.07. The minimum absolute atomic E-state index is 0.195. The number of pyridine rings is 1. The lowest BCUT2D eigenvalue weighted by Gasteiger charge is -2.06. The van der Waals surface area contributed by atoms with E-state index >= 15 is 0 Å². The van der Waals surface area contributed by atoms with Crippen molar-refractivity contribution in [2.75, 3.05) is 11.1 Å². The smallest absolute Gasteiger partial charge is 0.257 e. The third-order valence-electron chi connectivity index (χ3n) is 2.43. The quantitative estimate of drug-likeness (QED) is 0.838. The number of anilines is 2. The van der Waals surface area contributed by atoms with Crippen LogP contribution in [0.3, 0.4) is 0 Å². The highest BCUT2D eigenvalue weighted by atomic mass is 79.9. The Morgan fingerprint density at radius 1 is 1.33 bits per heavy atom. The second-order valence-corrected chi connectivity index (χ2v) is 4.73. The van der Waals surface area contributed by atoms with Crippen molar-refractivity contribution in [1.82, 2.24) is 4.98 Å². The topological polar surface area (TPSA) is 68.0 Å². The van der Waals surface area contributed by atoms with E-state index < -0.39 is 0 Å². The van der Waals surface area contributed by atoms with Gasteiger partial charge in [-0.1, -0.05) is 0 Å². The standard InChI is InChI=1S/C13H12BrN3O/c1-8-2-3-9(7-16-8)13(18)17-10-4-5-12(15)11(14)6-10/h2-7H,15H2,1H3,(H,17,18). The SMILES string of the molecule is Cc1ccc(C(=O)Nc2ccc(N)c(Br)c2)cn1. The van der Waals surface area contributed by atoms with Gasteiger partial charge in [-0.2, -0.15) is 0 Å². The second-order valence-electron chi connectivity index (χ2n) is 3.88. The lowest BCUT2D eigenvalue weighted by atomic mass is 10.2. The lowest BCUT2D eigenvalue weighted by molar-refractivity contribution is 0.102. The van der Waals surface area contributed by atoms with Crippen LogP contribution < -0.4 is 11.1 Å². The zero-order chi connectivity index (χ0) is 13.1. The van der Waals surface area contributed by atoms with Crippen LogP contribution >= 0.6 is 15.9 Å². The maximum absolute atomic E-state index is 11.9. The number of nitrogens with one attached hydrogen (secondary N) is 1. The van der Waals surface area contributed by atoms with Gasteiger partial charge in [0, 0.05) is 27.7 Å². The van der Waals surface area contributed by atoms with Crippen LogP contribution in [0.25, 0.3) is 0 Å². The molecule has 0 spiro atoms. The molecule has 0 aliphatic heterocycles. The van der Waals surface area contributed by atoms with E-state index in [0.29, 0.717) is 16.9 Å². The molecule has 92 valence electrons. The second kappa shape index (κ2) is 5.18. The fourth-order valence-corrected chi connectivity index (χ4v) is 1.79. The molecule has 0 aliphatic rings. The molecule has 1 heterocycles. The van der Waals surface area contributed by atoms with Gasteiger partial charge in [0.05, 0.1) is 5.56 Å². The molecule has 2 rings (SSSR count). The number of aryl methyl sites for hydroxylation is 1. The van der Waals surface area contributed by atoms with Gasteiger partial charge < -0.3 is 11.1 Å². The molecule has 0 atom stereocenters. The molecule has 18 heavy (non-hydrogen) atoms. The molecule has 3 N–H and O–H groups in total. The van der Waals surface area contributed by atoms with Crippen LogP contribution in [0.2, 0.25) is 0 Å². The molecule has 0 bridgehead atoms. The number of carbonyl (C=O) groups excluding carboxylic acids is 1. The summed E-state index contributed by atoms with van der Waals surface area (Å²) in [4.78, 5) is 16.0. The molecular formula is C13H12BrN3O. The number of benzene rings is 1. The normalized spacial score (nSPS) is 10.1. The molecule has 5 heteroatoms.